The van der Waals surface area contributed by atoms with Gasteiger partial charge in [-0.1, -0.05) is 13.3 Å². The fourth-order valence-corrected chi connectivity index (χ4v) is 3.58. The standard InChI is InChI=1S/C19H28F2O6/c1-4-18(2,3)16(23)25-7-8-26-17(24)19(20,21)11-27-15(22)14-10-12-5-6-13(14)9-12/h12-14H,4-11H2,1-3H3. The summed E-state index contributed by atoms with van der Waals surface area (Å²) in [5.41, 5.74) is -0.693. The normalized spacial score (nSPS) is 24.6. The van der Waals surface area contributed by atoms with Crippen LogP contribution in [-0.2, 0) is 28.6 Å². The summed E-state index contributed by atoms with van der Waals surface area (Å²) < 4.78 is 41.7. The molecule has 3 unspecified atom stereocenters. The summed E-state index contributed by atoms with van der Waals surface area (Å²) in [6.45, 7) is 3.08. The van der Waals surface area contributed by atoms with E-state index in [1.165, 1.54) is 0 Å². The number of esters is 3. The first-order valence-electron chi connectivity index (χ1n) is 9.45. The smallest absolute Gasteiger partial charge is 0.380 e. The Balaban J connectivity index is 1.68. The van der Waals surface area contributed by atoms with Gasteiger partial charge in [-0.25, -0.2) is 4.79 Å². The van der Waals surface area contributed by atoms with E-state index in [-0.39, 0.29) is 18.4 Å². The summed E-state index contributed by atoms with van der Waals surface area (Å²) in [5.74, 6) is -6.52. The number of halogens is 2. The van der Waals surface area contributed by atoms with Crippen molar-refractivity contribution in [1.82, 2.24) is 0 Å². The SMILES string of the molecule is CCC(C)(C)C(=O)OCCOC(=O)C(F)(F)COC(=O)C1CC2CCC1C2. The quantitative estimate of drug-likeness (QED) is 0.342. The molecule has 27 heavy (non-hydrogen) atoms. The molecule has 3 atom stereocenters. The topological polar surface area (TPSA) is 78.9 Å². The van der Waals surface area contributed by atoms with Crippen LogP contribution in [0.3, 0.4) is 0 Å². The lowest BCUT2D eigenvalue weighted by Crippen LogP contribution is -2.38. The summed E-state index contributed by atoms with van der Waals surface area (Å²) in [4.78, 5) is 35.2. The number of hydrogen-bond donors (Lipinski definition) is 0. The summed E-state index contributed by atoms with van der Waals surface area (Å²) in [5, 5.41) is 0. The molecule has 0 saturated heterocycles. The number of fused-ring (bicyclic) bond motifs is 2. The van der Waals surface area contributed by atoms with Crippen LogP contribution in [-0.4, -0.2) is 43.7 Å². The van der Waals surface area contributed by atoms with Gasteiger partial charge >= 0.3 is 23.8 Å². The van der Waals surface area contributed by atoms with Gasteiger partial charge in [0.1, 0.15) is 13.2 Å². The van der Waals surface area contributed by atoms with Gasteiger partial charge < -0.3 is 14.2 Å². The van der Waals surface area contributed by atoms with E-state index in [4.69, 9.17) is 9.47 Å². The van der Waals surface area contributed by atoms with Gasteiger partial charge in [0, 0.05) is 0 Å². The van der Waals surface area contributed by atoms with Crippen LogP contribution in [0.4, 0.5) is 8.78 Å². The van der Waals surface area contributed by atoms with Crippen molar-refractivity contribution >= 4 is 17.9 Å². The second-order valence-corrected chi connectivity index (χ2v) is 8.10. The van der Waals surface area contributed by atoms with E-state index >= 15 is 0 Å². The molecule has 8 heteroatoms. The maximum atomic E-state index is 13.8. The fraction of sp³-hybridized carbons (Fsp3) is 0.842. The molecule has 6 nitrogen and oxygen atoms in total. The first-order valence-corrected chi connectivity index (χ1v) is 9.45. The molecule has 0 N–H and O–H groups in total. The number of alkyl halides is 2. The summed E-state index contributed by atoms with van der Waals surface area (Å²) >= 11 is 0. The molecule has 2 bridgehead atoms. The van der Waals surface area contributed by atoms with E-state index < -0.39 is 42.5 Å². The molecule has 0 spiro atoms. The van der Waals surface area contributed by atoms with Crippen molar-refractivity contribution in [3.8, 4) is 0 Å². The third-order valence-electron chi connectivity index (χ3n) is 5.72. The zero-order chi connectivity index (χ0) is 20.2. The van der Waals surface area contributed by atoms with Crippen LogP contribution < -0.4 is 0 Å². The highest BCUT2D eigenvalue weighted by atomic mass is 19.3. The second kappa shape index (κ2) is 8.52. The number of hydrogen-bond acceptors (Lipinski definition) is 6. The monoisotopic (exact) mass is 390 g/mol. The molecule has 0 radical (unpaired) electrons. The molecule has 154 valence electrons. The van der Waals surface area contributed by atoms with Crippen LogP contribution >= 0.6 is 0 Å². The molecule has 0 aromatic carbocycles. The maximum absolute atomic E-state index is 13.8. The maximum Gasteiger partial charge on any atom is 0.380 e. The van der Waals surface area contributed by atoms with Crippen LogP contribution in [0.1, 0.15) is 52.9 Å². The Morgan fingerprint density at radius 2 is 1.59 bits per heavy atom. The van der Waals surface area contributed by atoms with Gasteiger partial charge in [0.15, 0.2) is 6.61 Å². The van der Waals surface area contributed by atoms with E-state index in [0.29, 0.717) is 18.8 Å². The molecule has 0 heterocycles. The number of carbonyl (C=O) groups excluding carboxylic acids is 3. The second-order valence-electron chi connectivity index (χ2n) is 8.10. The molecule has 0 aliphatic heterocycles. The number of ether oxygens (including phenoxy) is 3. The Morgan fingerprint density at radius 1 is 0.963 bits per heavy atom. The van der Waals surface area contributed by atoms with Gasteiger partial charge in [0.2, 0.25) is 0 Å². The molecular weight excluding hydrogens is 362 g/mol. The Hall–Kier alpha value is -1.73. The first kappa shape index (κ1) is 21.6. The third-order valence-corrected chi connectivity index (χ3v) is 5.72. The van der Waals surface area contributed by atoms with E-state index in [9.17, 15) is 23.2 Å². The predicted octanol–water partition coefficient (Wildman–Crippen LogP) is 3.12. The van der Waals surface area contributed by atoms with Gasteiger partial charge in [0.05, 0.1) is 11.3 Å². The van der Waals surface area contributed by atoms with E-state index in [0.717, 1.165) is 19.3 Å². The highest BCUT2D eigenvalue weighted by Crippen LogP contribution is 2.48. The van der Waals surface area contributed by atoms with Crippen LogP contribution in [0.5, 0.6) is 0 Å². The largest absolute Gasteiger partial charge is 0.462 e. The average Bonchev–Trinajstić information content (AvgIpc) is 3.26. The van der Waals surface area contributed by atoms with Crippen molar-refractivity contribution in [3.63, 3.8) is 0 Å². The van der Waals surface area contributed by atoms with Crippen LogP contribution in [0.15, 0.2) is 0 Å². The molecular formula is C19H28F2O6. The highest BCUT2D eigenvalue weighted by molar-refractivity contribution is 5.79. The first-order chi connectivity index (χ1) is 12.6. The molecule has 2 aliphatic rings. The Labute approximate surface area is 157 Å². The zero-order valence-electron chi connectivity index (χ0n) is 16.1. The number of carbonyl (C=O) groups is 3. The summed E-state index contributed by atoms with van der Waals surface area (Å²) in [6.07, 6.45) is 4.19. The van der Waals surface area contributed by atoms with Crippen molar-refractivity contribution in [2.75, 3.05) is 19.8 Å². The lowest BCUT2D eigenvalue weighted by atomic mass is 9.89. The van der Waals surface area contributed by atoms with Gasteiger partial charge in [0.25, 0.3) is 0 Å². The van der Waals surface area contributed by atoms with Gasteiger partial charge in [-0.15, -0.1) is 0 Å². The summed E-state index contributed by atoms with van der Waals surface area (Å²) in [7, 11) is 0. The molecule has 2 fully saturated rings. The minimum atomic E-state index is -3.93. The fourth-order valence-electron chi connectivity index (χ4n) is 3.58. The summed E-state index contributed by atoms with van der Waals surface area (Å²) in [6, 6.07) is 0. The van der Waals surface area contributed by atoms with Crippen LogP contribution in [0.25, 0.3) is 0 Å². The van der Waals surface area contributed by atoms with E-state index in [1.807, 2.05) is 6.92 Å². The minimum absolute atomic E-state index is 0.213. The van der Waals surface area contributed by atoms with Crippen molar-refractivity contribution in [1.29, 1.82) is 0 Å². The van der Waals surface area contributed by atoms with Crippen molar-refractivity contribution in [2.24, 2.45) is 23.2 Å². The van der Waals surface area contributed by atoms with Gasteiger partial charge in [-0.05, 0) is 51.4 Å². The lowest BCUT2D eigenvalue weighted by molar-refractivity contribution is -0.187. The molecule has 2 aliphatic carbocycles. The average molecular weight is 390 g/mol. The Bertz CT molecular complexity index is 575. The van der Waals surface area contributed by atoms with Crippen molar-refractivity contribution in [3.05, 3.63) is 0 Å². The minimum Gasteiger partial charge on any atom is -0.462 e. The molecule has 0 amide bonds. The Morgan fingerprint density at radius 3 is 2.11 bits per heavy atom. The third kappa shape index (κ3) is 5.39. The van der Waals surface area contributed by atoms with Gasteiger partial charge in [-0.2, -0.15) is 8.78 Å². The molecule has 2 rings (SSSR count). The van der Waals surface area contributed by atoms with Gasteiger partial charge in [-0.3, -0.25) is 9.59 Å². The highest BCUT2D eigenvalue weighted by Gasteiger charge is 2.47. The predicted molar refractivity (Wildman–Crippen MR) is 90.8 cm³/mol. The van der Waals surface area contributed by atoms with Crippen LogP contribution in [0.2, 0.25) is 0 Å². The Kier molecular flexibility index (Phi) is 6.81. The van der Waals surface area contributed by atoms with E-state index in [1.54, 1.807) is 13.8 Å². The lowest BCUT2D eigenvalue weighted by Gasteiger charge is -2.22. The molecule has 2 saturated carbocycles. The zero-order valence-corrected chi connectivity index (χ0v) is 16.1. The molecule has 0 aromatic heterocycles. The van der Waals surface area contributed by atoms with Crippen molar-refractivity contribution < 1.29 is 37.4 Å². The van der Waals surface area contributed by atoms with Crippen LogP contribution in [0, 0.1) is 23.2 Å². The van der Waals surface area contributed by atoms with Crippen molar-refractivity contribution in [2.45, 2.75) is 58.8 Å². The van der Waals surface area contributed by atoms with E-state index in [2.05, 4.69) is 4.74 Å². The number of rotatable bonds is 9. The molecule has 0 aromatic rings.